The normalized spacial score (nSPS) is 10.2. The average molecular weight is 287 g/mol. The number of amides is 1. The lowest BCUT2D eigenvalue weighted by Gasteiger charge is -2.07. The van der Waals surface area contributed by atoms with Gasteiger partial charge >= 0.3 is 5.97 Å². The van der Waals surface area contributed by atoms with Crippen LogP contribution in [0.3, 0.4) is 0 Å². The molecule has 110 valence electrons. The Morgan fingerprint density at radius 1 is 1.33 bits per heavy atom. The van der Waals surface area contributed by atoms with Crippen LogP contribution in [0.25, 0.3) is 0 Å². The Balaban J connectivity index is 2.18. The standard InChI is InChI=1S/C15H17N3O3/c1-4-21-15(20)11-6-5-7-12(8-11)16-14(19)13-9(2)17-18-10(13)3/h5-8H,4H2,1-3H3,(H,16,19)(H,17,18). The minimum Gasteiger partial charge on any atom is -0.462 e. The van der Waals surface area contributed by atoms with Crippen LogP contribution in [0.15, 0.2) is 24.3 Å². The molecule has 6 heteroatoms. The Morgan fingerprint density at radius 2 is 2.10 bits per heavy atom. The molecule has 2 N–H and O–H groups in total. The Kier molecular flexibility index (Phi) is 4.37. The lowest BCUT2D eigenvalue weighted by atomic mass is 10.1. The van der Waals surface area contributed by atoms with Crippen molar-refractivity contribution in [2.75, 3.05) is 11.9 Å². The SMILES string of the molecule is CCOC(=O)c1cccc(NC(=O)c2c(C)n[nH]c2C)c1. The highest BCUT2D eigenvalue weighted by Gasteiger charge is 2.16. The van der Waals surface area contributed by atoms with Crippen LogP contribution in [0.4, 0.5) is 5.69 Å². The zero-order chi connectivity index (χ0) is 15.4. The molecule has 1 aromatic carbocycles. The van der Waals surface area contributed by atoms with E-state index in [0.717, 1.165) is 0 Å². The number of benzene rings is 1. The largest absolute Gasteiger partial charge is 0.462 e. The first-order chi connectivity index (χ1) is 10.0. The minimum atomic E-state index is -0.413. The molecule has 0 fully saturated rings. The van der Waals surface area contributed by atoms with Crippen molar-refractivity contribution in [3.63, 3.8) is 0 Å². The smallest absolute Gasteiger partial charge is 0.338 e. The summed E-state index contributed by atoms with van der Waals surface area (Å²) < 4.78 is 4.93. The number of carbonyl (C=O) groups is 2. The van der Waals surface area contributed by atoms with E-state index in [9.17, 15) is 9.59 Å². The van der Waals surface area contributed by atoms with E-state index < -0.39 is 5.97 Å². The Labute approximate surface area is 122 Å². The van der Waals surface area contributed by atoms with Crippen molar-refractivity contribution in [1.29, 1.82) is 0 Å². The van der Waals surface area contributed by atoms with E-state index in [1.807, 2.05) is 0 Å². The number of nitrogens with zero attached hydrogens (tertiary/aromatic N) is 1. The molecule has 2 aromatic rings. The van der Waals surface area contributed by atoms with Crippen LogP contribution >= 0.6 is 0 Å². The van der Waals surface area contributed by atoms with E-state index >= 15 is 0 Å². The fraction of sp³-hybridized carbons (Fsp3) is 0.267. The lowest BCUT2D eigenvalue weighted by molar-refractivity contribution is 0.0526. The summed E-state index contributed by atoms with van der Waals surface area (Å²) in [6.07, 6.45) is 0. The van der Waals surface area contributed by atoms with E-state index in [1.54, 1.807) is 45.0 Å². The zero-order valence-corrected chi connectivity index (χ0v) is 12.2. The molecule has 0 aliphatic rings. The number of ether oxygens (including phenoxy) is 1. The number of aryl methyl sites for hydroxylation is 2. The molecule has 1 aromatic heterocycles. The second kappa shape index (κ2) is 6.21. The van der Waals surface area contributed by atoms with Gasteiger partial charge in [0, 0.05) is 11.4 Å². The Morgan fingerprint density at radius 3 is 2.71 bits per heavy atom. The van der Waals surface area contributed by atoms with Crippen molar-refractivity contribution in [2.45, 2.75) is 20.8 Å². The van der Waals surface area contributed by atoms with Crippen molar-refractivity contribution in [3.8, 4) is 0 Å². The third-order valence-electron chi connectivity index (χ3n) is 2.99. The van der Waals surface area contributed by atoms with Crippen molar-refractivity contribution >= 4 is 17.6 Å². The van der Waals surface area contributed by atoms with E-state index in [0.29, 0.717) is 34.8 Å². The summed E-state index contributed by atoms with van der Waals surface area (Å²) in [5, 5.41) is 9.51. The summed E-state index contributed by atoms with van der Waals surface area (Å²) >= 11 is 0. The van der Waals surface area contributed by atoms with Crippen molar-refractivity contribution in [1.82, 2.24) is 10.2 Å². The third-order valence-corrected chi connectivity index (χ3v) is 2.99. The summed E-state index contributed by atoms with van der Waals surface area (Å²) in [5.74, 6) is -0.677. The second-order valence-electron chi connectivity index (χ2n) is 4.56. The van der Waals surface area contributed by atoms with Gasteiger partial charge in [-0.15, -0.1) is 0 Å². The van der Waals surface area contributed by atoms with E-state index in [4.69, 9.17) is 4.74 Å². The number of nitrogens with one attached hydrogen (secondary N) is 2. The van der Waals surface area contributed by atoms with Crippen LogP contribution in [0.2, 0.25) is 0 Å². The molecule has 0 saturated heterocycles. The van der Waals surface area contributed by atoms with Crippen LogP contribution < -0.4 is 5.32 Å². The molecule has 6 nitrogen and oxygen atoms in total. The molecule has 21 heavy (non-hydrogen) atoms. The molecule has 1 amide bonds. The first kappa shape index (κ1) is 14.8. The predicted molar refractivity (Wildman–Crippen MR) is 78.4 cm³/mol. The number of hydrogen-bond donors (Lipinski definition) is 2. The van der Waals surface area contributed by atoms with Crippen LogP contribution in [0.5, 0.6) is 0 Å². The maximum absolute atomic E-state index is 12.2. The van der Waals surface area contributed by atoms with E-state index in [1.165, 1.54) is 0 Å². The summed E-state index contributed by atoms with van der Waals surface area (Å²) in [6, 6.07) is 6.63. The molecule has 0 aliphatic carbocycles. The average Bonchev–Trinajstić information content (AvgIpc) is 2.78. The summed E-state index contributed by atoms with van der Waals surface area (Å²) in [7, 11) is 0. The van der Waals surface area contributed by atoms with Gasteiger partial charge in [-0.3, -0.25) is 9.89 Å². The van der Waals surface area contributed by atoms with E-state index in [2.05, 4.69) is 15.5 Å². The molecular formula is C15H17N3O3. The van der Waals surface area contributed by atoms with Crippen LogP contribution in [-0.2, 0) is 4.74 Å². The van der Waals surface area contributed by atoms with Gasteiger partial charge < -0.3 is 10.1 Å². The molecule has 0 spiro atoms. The number of rotatable bonds is 4. The highest BCUT2D eigenvalue weighted by molar-refractivity contribution is 6.06. The molecule has 0 radical (unpaired) electrons. The van der Waals surface area contributed by atoms with Crippen LogP contribution in [-0.4, -0.2) is 28.7 Å². The Hall–Kier alpha value is -2.63. The van der Waals surface area contributed by atoms with Crippen molar-refractivity contribution in [2.24, 2.45) is 0 Å². The molecule has 0 atom stereocenters. The van der Waals surface area contributed by atoms with Gasteiger partial charge in [-0.25, -0.2) is 4.79 Å². The highest BCUT2D eigenvalue weighted by atomic mass is 16.5. The quantitative estimate of drug-likeness (QED) is 0.846. The topological polar surface area (TPSA) is 84.1 Å². The van der Waals surface area contributed by atoms with Gasteiger partial charge in [0.05, 0.1) is 23.4 Å². The monoisotopic (exact) mass is 287 g/mol. The van der Waals surface area contributed by atoms with Gasteiger partial charge in [0.2, 0.25) is 0 Å². The molecule has 0 unspecified atom stereocenters. The fourth-order valence-electron chi connectivity index (χ4n) is 2.02. The molecule has 0 aliphatic heterocycles. The van der Waals surface area contributed by atoms with Gasteiger partial charge in [0.1, 0.15) is 0 Å². The molecule has 0 bridgehead atoms. The summed E-state index contributed by atoms with van der Waals surface area (Å²) in [4.78, 5) is 23.9. The van der Waals surface area contributed by atoms with Gasteiger partial charge in [-0.1, -0.05) is 6.07 Å². The number of hydrogen-bond acceptors (Lipinski definition) is 4. The first-order valence-electron chi connectivity index (χ1n) is 6.63. The van der Waals surface area contributed by atoms with Gasteiger partial charge in [-0.2, -0.15) is 5.10 Å². The minimum absolute atomic E-state index is 0.264. The van der Waals surface area contributed by atoms with Crippen molar-refractivity contribution < 1.29 is 14.3 Å². The molecule has 0 saturated carbocycles. The fourth-order valence-corrected chi connectivity index (χ4v) is 2.02. The summed E-state index contributed by atoms with van der Waals surface area (Å²) in [6.45, 7) is 5.59. The summed E-state index contributed by atoms with van der Waals surface area (Å²) in [5.41, 5.74) is 2.77. The number of aromatic nitrogens is 2. The maximum Gasteiger partial charge on any atom is 0.338 e. The van der Waals surface area contributed by atoms with Crippen molar-refractivity contribution in [3.05, 3.63) is 46.8 Å². The van der Waals surface area contributed by atoms with Crippen LogP contribution in [0, 0.1) is 13.8 Å². The maximum atomic E-state index is 12.2. The van der Waals surface area contributed by atoms with Crippen LogP contribution in [0.1, 0.15) is 39.0 Å². The number of H-pyrrole nitrogens is 1. The Bertz CT molecular complexity index is 657. The molecule has 1 heterocycles. The third kappa shape index (κ3) is 3.28. The number of carbonyl (C=O) groups excluding carboxylic acids is 2. The highest BCUT2D eigenvalue weighted by Crippen LogP contribution is 2.15. The number of esters is 1. The predicted octanol–water partition coefficient (Wildman–Crippen LogP) is 2.46. The van der Waals surface area contributed by atoms with Gasteiger partial charge in [0.25, 0.3) is 5.91 Å². The first-order valence-corrected chi connectivity index (χ1v) is 6.63. The van der Waals surface area contributed by atoms with Gasteiger partial charge in [-0.05, 0) is 39.0 Å². The zero-order valence-electron chi connectivity index (χ0n) is 12.2. The van der Waals surface area contributed by atoms with Gasteiger partial charge in [0.15, 0.2) is 0 Å². The molecular weight excluding hydrogens is 270 g/mol. The second-order valence-corrected chi connectivity index (χ2v) is 4.56. The number of aromatic amines is 1. The number of anilines is 1. The lowest BCUT2D eigenvalue weighted by Crippen LogP contribution is -2.14. The van der Waals surface area contributed by atoms with E-state index in [-0.39, 0.29) is 5.91 Å². The molecule has 2 rings (SSSR count).